The summed E-state index contributed by atoms with van der Waals surface area (Å²) in [4.78, 5) is 15.8. The molecule has 10 heteroatoms. The molecule has 6 rings (SSSR count). The Hall–Kier alpha value is -3.53. The number of benzene rings is 3. The van der Waals surface area contributed by atoms with Crippen LogP contribution in [-0.2, 0) is 27.8 Å². The van der Waals surface area contributed by atoms with Gasteiger partial charge in [-0.1, -0.05) is 54.9 Å². The summed E-state index contributed by atoms with van der Waals surface area (Å²) in [7, 11) is -3.93. The maximum absolute atomic E-state index is 13.5. The van der Waals surface area contributed by atoms with Gasteiger partial charge in [-0.25, -0.2) is 13.1 Å². The molecule has 2 heterocycles. The van der Waals surface area contributed by atoms with Crippen LogP contribution in [0.4, 0.5) is 11.4 Å². The van der Waals surface area contributed by atoms with Crippen molar-refractivity contribution in [3.8, 4) is 5.75 Å². The third kappa shape index (κ3) is 8.80. The lowest BCUT2D eigenvalue weighted by molar-refractivity contribution is -0.00973. The number of allylic oxidation sites excluding steroid dienone is 1. The topological polar surface area (TPSA) is 97.0 Å². The molecule has 1 saturated carbocycles. The van der Waals surface area contributed by atoms with Crippen LogP contribution in [0.5, 0.6) is 5.75 Å². The van der Waals surface area contributed by atoms with Crippen molar-refractivity contribution >= 4 is 38.9 Å². The zero-order valence-corrected chi connectivity index (χ0v) is 30.0. The van der Waals surface area contributed by atoms with Crippen LogP contribution in [0, 0.1) is 17.8 Å². The van der Waals surface area contributed by atoms with E-state index in [1.807, 2.05) is 55.5 Å². The number of fused-ring (bicyclic) bond motifs is 3. The molecule has 1 aliphatic carbocycles. The van der Waals surface area contributed by atoms with E-state index in [0.29, 0.717) is 54.4 Å². The van der Waals surface area contributed by atoms with Gasteiger partial charge in [0.2, 0.25) is 10.0 Å². The van der Waals surface area contributed by atoms with Crippen molar-refractivity contribution < 1.29 is 22.7 Å². The first-order valence-electron chi connectivity index (χ1n) is 17.6. The van der Waals surface area contributed by atoms with Gasteiger partial charge in [0.25, 0.3) is 5.91 Å². The monoisotopic (exact) mass is 705 g/mol. The first-order chi connectivity index (χ1) is 23.7. The molecule has 1 amide bonds. The van der Waals surface area contributed by atoms with Crippen LogP contribution >= 0.6 is 11.6 Å². The summed E-state index contributed by atoms with van der Waals surface area (Å²) in [5.41, 5.74) is 4.43. The molecule has 2 N–H and O–H groups in total. The summed E-state index contributed by atoms with van der Waals surface area (Å²) in [6.45, 7) is 6.74. The van der Waals surface area contributed by atoms with Gasteiger partial charge in [-0.05, 0) is 117 Å². The lowest BCUT2D eigenvalue weighted by atomic mass is 9.70. The quantitative estimate of drug-likeness (QED) is 0.208. The first-order valence-corrected chi connectivity index (χ1v) is 19.5. The minimum absolute atomic E-state index is 0.0896. The zero-order chi connectivity index (χ0) is 34.4. The number of rotatable bonds is 5. The maximum Gasteiger partial charge on any atom is 0.264 e. The van der Waals surface area contributed by atoms with Gasteiger partial charge in [0, 0.05) is 35.9 Å². The summed E-state index contributed by atoms with van der Waals surface area (Å²) < 4.78 is 42.2. The SMILES string of the molecule is C[C@@H]1[C@@H](C)C/C=C/C(OCCNc2ccccc2)[C@@H]2CC[C@H]2CN2CCCCc3cc(Cl)ccc3COc3ccc(cc32)C(=O)NS1(=O)=O. The fourth-order valence-corrected chi connectivity index (χ4v) is 8.57. The fourth-order valence-electron chi connectivity index (χ4n) is 7.09. The second kappa shape index (κ2) is 16.0. The van der Waals surface area contributed by atoms with Crippen LogP contribution in [0.1, 0.15) is 67.4 Å². The van der Waals surface area contributed by atoms with E-state index in [2.05, 4.69) is 27.1 Å². The van der Waals surface area contributed by atoms with E-state index in [-0.39, 0.29) is 12.0 Å². The second-order valence-corrected chi connectivity index (χ2v) is 16.2. The summed E-state index contributed by atoms with van der Waals surface area (Å²) >= 11 is 6.37. The van der Waals surface area contributed by atoms with E-state index in [0.717, 1.165) is 62.1 Å². The highest BCUT2D eigenvalue weighted by molar-refractivity contribution is 7.90. The van der Waals surface area contributed by atoms with Crippen LogP contribution in [0.2, 0.25) is 5.02 Å². The van der Waals surface area contributed by atoms with Crippen LogP contribution in [0.3, 0.4) is 0 Å². The summed E-state index contributed by atoms with van der Waals surface area (Å²) in [6.07, 6.45) is 9.64. The largest absolute Gasteiger partial charge is 0.487 e. The van der Waals surface area contributed by atoms with E-state index in [1.54, 1.807) is 25.1 Å². The molecule has 2 aliphatic heterocycles. The molecule has 3 aromatic rings. The van der Waals surface area contributed by atoms with E-state index in [9.17, 15) is 13.2 Å². The normalized spacial score (nSPS) is 26.4. The highest BCUT2D eigenvalue weighted by atomic mass is 35.5. The number of carbonyl (C=O) groups is 1. The molecule has 1 fully saturated rings. The van der Waals surface area contributed by atoms with Gasteiger partial charge >= 0.3 is 0 Å². The number of sulfonamides is 1. The Kier molecular flexibility index (Phi) is 11.5. The Morgan fingerprint density at radius 2 is 1.86 bits per heavy atom. The standard InChI is InChI=1S/C39H48ClN3O5S/c1-27-9-8-13-37(47-22-20-41-34-11-4-3-5-12-34)35-18-15-31(35)25-43-21-7-6-10-29-23-33(40)17-14-32(29)26-48-38-19-16-30(24-36(38)43)39(44)42-49(45,46)28(27)2/h3-5,8,11-14,16-17,19,23-24,27-28,31,35,37,41H,6-7,9-10,15,18,20-22,25-26H2,1-2H3,(H,42,44)/b13-8+/t27-,28+,31-,35+,37?/m0/s1. The van der Waals surface area contributed by atoms with Gasteiger partial charge < -0.3 is 19.7 Å². The van der Waals surface area contributed by atoms with Gasteiger partial charge in [-0.2, -0.15) is 0 Å². The number of nitrogens with one attached hydrogen (secondary N) is 2. The predicted octanol–water partition coefficient (Wildman–Crippen LogP) is 7.63. The Balaban J connectivity index is 1.30. The van der Waals surface area contributed by atoms with E-state index in [4.69, 9.17) is 21.1 Å². The molecule has 1 unspecified atom stereocenters. The fraction of sp³-hybridized carbons (Fsp3) is 0.462. The number of para-hydroxylation sites is 1. The molecule has 8 nitrogen and oxygen atoms in total. The number of hydrogen-bond acceptors (Lipinski definition) is 7. The molecular formula is C39H48ClN3O5S. The number of nitrogens with zero attached hydrogens (tertiary/aromatic N) is 1. The summed E-state index contributed by atoms with van der Waals surface area (Å²) in [5.74, 6) is 0.533. The van der Waals surface area contributed by atoms with Crippen LogP contribution in [-0.4, -0.2) is 51.9 Å². The molecule has 49 heavy (non-hydrogen) atoms. The smallest absolute Gasteiger partial charge is 0.264 e. The number of amides is 1. The predicted molar refractivity (Wildman–Crippen MR) is 197 cm³/mol. The van der Waals surface area contributed by atoms with Gasteiger partial charge in [-0.15, -0.1) is 0 Å². The molecule has 0 spiro atoms. The van der Waals surface area contributed by atoms with Gasteiger partial charge in [-0.3, -0.25) is 4.79 Å². The zero-order valence-electron chi connectivity index (χ0n) is 28.4. The lowest BCUT2D eigenvalue weighted by Gasteiger charge is -2.44. The molecule has 5 atom stereocenters. The molecule has 0 aromatic heterocycles. The molecule has 3 aliphatic rings. The Bertz CT molecular complexity index is 1730. The van der Waals surface area contributed by atoms with Crippen LogP contribution < -0.4 is 19.7 Å². The van der Waals surface area contributed by atoms with E-state index in [1.165, 1.54) is 5.56 Å². The third-order valence-electron chi connectivity index (χ3n) is 10.5. The number of hydrogen-bond donors (Lipinski definition) is 2. The average molecular weight is 706 g/mol. The number of aryl methyl sites for hydroxylation is 1. The minimum atomic E-state index is -3.93. The van der Waals surface area contributed by atoms with Crippen LogP contribution in [0.25, 0.3) is 0 Å². The second-order valence-electron chi connectivity index (χ2n) is 13.7. The molecule has 0 saturated heterocycles. The first kappa shape index (κ1) is 35.3. The Morgan fingerprint density at radius 3 is 2.65 bits per heavy atom. The summed E-state index contributed by atoms with van der Waals surface area (Å²) in [5, 5.41) is 3.39. The molecular weight excluding hydrogens is 658 g/mol. The number of anilines is 2. The highest BCUT2D eigenvalue weighted by Crippen LogP contribution is 2.42. The number of ether oxygens (including phenoxy) is 2. The van der Waals surface area contributed by atoms with Crippen molar-refractivity contribution in [2.24, 2.45) is 17.8 Å². The average Bonchev–Trinajstić information content (AvgIpc) is 3.11. The summed E-state index contributed by atoms with van der Waals surface area (Å²) in [6, 6.07) is 21.3. The minimum Gasteiger partial charge on any atom is -0.487 e. The Morgan fingerprint density at radius 1 is 1.02 bits per heavy atom. The van der Waals surface area contributed by atoms with Gasteiger partial charge in [0.15, 0.2) is 0 Å². The molecule has 262 valence electrons. The van der Waals surface area contributed by atoms with Gasteiger partial charge in [0.05, 0.1) is 23.6 Å². The van der Waals surface area contributed by atoms with Gasteiger partial charge in [0.1, 0.15) is 12.4 Å². The number of halogens is 1. The number of carbonyl (C=O) groups excluding carboxylic acids is 1. The lowest BCUT2D eigenvalue weighted by Crippen LogP contribution is -2.44. The van der Waals surface area contributed by atoms with Crippen molar-refractivity contribution in [2.45, 2.75) is 70.3 Å². The van der Waals surface area contributed by atoms with Crippen molar-refractivity contribution in [1.82, 2.24) is 4.72 Å². The Labute approximate surface area is 296 Å². The van der Waals surface area contributed by atoms with E-state index >= 15 is 0 Å². The van der Waals surface area contributed by atoms with Crippen molar-refractivity contribution in [2.75, 3.05) is 36.5 Å². The van der Waals surface area contributed by atoms with Crippen LogP contribution in [0.15, 0.2) is 78.9 Å². The van der Waals surface area contributed by atoms with Crippen molar-refractivity contribution in [3.05, 3.63) is 101 Å². The van der Waals surface area contributed by atoms with Crippen molar-refractivity contribution in [1.29, 1.82) is 0 Å². The third-order valence-corrected chi connectivity index (χ3v) is 12.6. The molecule has 2 bridgehead atoms. The molecule has 3 aromatic carbocycles. The van der Waals surface area contributed by atoms with E-state index < -0.39 is 21.2 Å². The van der Waals surface area contributed by atoms with Crippen molar-refractivity contribution in [3.63, 3.8) is 0 Å². The highest BCUT2D eigenvalue weighted by Gasteiger charge is 2.38. The molecule has 0 radical (unpaired) electrons. The maximum atomic E-state index is 13.5.